The van der Waals surface area contributed by atoms with E-state index in [9.17, 15) is 4.79 Å². The lowest BCUT2D eigenvalue weighted by atomic mass is 9.82. The second-order valence-corrected chi connectivity index (χ2v) is 40.6. The predicted octanol–water partition coefficient (Wildman–Crippen LogP) is 34.6. The van der Waals surface area contributed by atoms with Gasteiger partial charge in [0.15, 0.2) is 44.0 Å². The minimum atomic E-state index is -0.420. The monoisotopic (exact) mass is 1880 g/mol. The van der Waals surface area contributed by atoms with Gasteiger partial charge in [0.25, 0.3) is 0 Å². The average molecular weight is 1880 g/mol. The van der Waals surface area contributed by atoms with Gasteiger partial charge in [0.2, 0.25) is 0 Å². The van der Waals surface area contributed by atoms with Gasteiger partial charge in [-0.1, -0.05) is 298 Å². The molecule has 0 N–H and O–H groups in total. The van der Waals surface area contributed by atoms with Crippen molar-refractivity contribution in [3.8, 4) is 40.2 Å². The number of carbonyl (C=O) groups excluding carboxylic acids is 1. The average Bonchev–Trinajstić information content (AvgIpc) is 0.858. The molecule has 14 heteroatoms. The third-order valence-corrected chi connectivity index (χ3v) is 29.6. The zero-order valence-electron chi connectivity index (χ0n) is 88.9. The highest BCUT2D eigenvalue weighted by Crippen LogP contribution is 2.36. The van der Waals surface area contributed by atoms with Crippen molar-refractivity contribution in [2.24, 2.45) is 41.4 Å². The van der Waals surface area contributed by atoms with E-state index in [4.69, 9.17) is 61.6 Å². The Balaban J connectivity index is 0.000000223. The predicted molar refractivity (Wildman–Crippen MR) is 565 cm³/mol. The Morgan fingerprint density at radius 3 is 0.801 bits per heavy atom. The van der Waals surface area contributed by atoms with E-state index >= 15 is 0 Å². The molecular formula is C122H188O14. The Morgan fingerprint density at radius 1 is 0.272 bits per heavy atom. The highest BCUT2D eigenvalue weighted by atomic mass is 16.7. The van der Waals surface area contributed by atoms with Crippen LogP contribution in [-0.2, 0) is 35.0 Å². The molecule has 0 saturated heterocycles. The molecule has 5 saturated carbocycles. The Hall–Kier alpha value is -7.43. The van der Waals surface area contributed by atoms with E-state index < -0.39 is 6.29 Å². The first kappa shape index (κ1) is 116. The van der Waals surface area contributed by atoms with Crippen LogP contribution in [0, 0.1) is 41.4 Å². The van der Waals surface area contributed by atoms with E-state index in [1.165, 1.54) is 232 Å². The maximum Gasteiger partial charge on any atom is 0.197 e. The normalized spacial score (nSPS) is 19.7. The Morgan fingerprint density at radius 2 is 0.515 bits per heavy atom. The van der Waals surface area contributed by atoms with Crippen LogP contribution >= 0.6 is 0 Å². The molecule has 0 radical (unpaired) electrons. The Bertz CT molecular complexity index is 4120. The van der Waals surface area contributed by atoms with Gasteiger partial charge in [-0.05, 0) is 332 Å². The van der Waals surface area contributed by atoms with Crippen LogP contribution in [0.1, 0.15) is 435 Å². The third-order valence-electron chi connectivity index (χ3n) is 29.6. The van der Waals surface area contributed by atoms with E-state index in [-0.39, 0.29) is 31.5 Å². The summed E-state index contributed by atoms with van der Waals surface area (Å²) in [4.78, 5) is 11.2. The summed E-state index contributed by atoms with van der Waals surface area (Å²) in [6, 6.07) is 55.7. The number of hydrogen-bond acceptors (Lipinski definition) is 14. The zero-order chi connectivity index (χ0) is 98.2. The molecule has 0 bridgehead atoms. The molecule has 5 fully saturated rings. The van der Waals surface area contributed by atoms with E-state index in [0.29, 0.717) is 53.4 Å². The highest BCUT2D eigenvalue weighted by molar-refractivity contribution is 5.78. The first-order valence-electron chi connectivity index (χ1n) is 54.2. The van der Waals surface area contributed by atoms with E-state index in [0.717, 1.165) is 134 Å². The van der Waals surface area contributed by atoms with Crippen molar-refractivity contribution < 1.29 is 66.4 Å². The molecule has 12 rings (SSSR count). The molecule has 760 valence electrons. The van der Waals surface area contributed by atoms with Crippen LogP contribution in [-0.4, -0.2) is 84.2 Å². The summed E-state index contributed by atoms with van der Waals surface area (Å²) < 4.78 is 75.2. The minimum absolute atomic E-state index is 0.165. The highest BCUT2D eigenvalue weighted by Gasteiger charge is 2.24. The maximum atomic E-state index is 11.2. The largest absolute Gasteiger partial charge is 0.497 e. The van der Waals surface area contributed by atoms with Crippen molar-refractivity contribution in [3.05, 3.63) is 208 Å². The van der Waals surface area contributed by atoms with E-state index in [1.807, 2.05) is 65.8 Å². The van der Waals surface area contributed by atoms with Gasteiger partial charge in [-0.15, -0.1) is 0 Å². The van der Waals surface area contributed by atoms with Crippen molar-refractivity contribution in [3.63, 3.8) is 0 Å². The molecule has 136 heavy (non-hydrogen) atoms. The standard InChI is InChI=1S/C21H26O4.2C21H34O2.2C20H32O2.C19H30O2/c1-5-15(2)17-6-9-20(10-7-17)25-16(3)24-14-18-8-11-21(23-4)12-19(18)13-22;1-5-17(3)20-10-12-21(13-11-20)23-18(4)22-15-14-19-8-6-16(2)7-9-19;1-4-17(2)20-12-14-21(15-13-20)23-18(3)22-16-8-11-19-9-6-5-7-10-19;1-5-16(3)19-10-12-20(13-11-19)22-17(4)21-14-18-8-6-15(2)7-9-18;1-4-16(2)19-10-12-20(13-11-19)22-17(3)21-15-14-18-8-6-5-7-9-18;1-4-15(2)18-10-12-19(13-11-18)21-16(3)20-14-17-8-6-5-7-9-17/h6-13,15-16H,5,14H2,1-4H3;10-13,16-19H,5-9,14-15H2,1-4H3;12-15,17-19H,4-11,16H2,1-3H3;10-13,15-18H,5-9,14H2,1-4H3;10-13,16-18H,4-9,14-15H2,1-3H3;10-13,15-17H,4-9,14H2,1-3H3. The van der Waals surface area contributed by atoms with E-state index in [1.54, 1.807) is 13.2 Å². The summed E-state index contributed by atoms with van der Waals surface area (Å²) in [7, 11) is 1.57. The lowest BCUT2D eigenvalue weighted by Gasteiger charge is -2.27. The number of hydrogen-bond donors (Lipinski definition) is 0. The number of ether oxygens (including phenoxy) is 13. The smallest absolute Gasteiger partial charge is 0.197 e. The van der Waals surface area contributed by atoms with Crippen LogP contribution in [0.25, 0.3) is 0 Å². The molecule has 0 spiro atoms. The maximum absolute atomic E-state index is 11.2. The number of rotatable bonds is 48. The molecule has 5 aliphatic rings. The van der Waals surface area contributed by atoms with Crippen LogP contribution in [0.15, 0.2) is 164 Å². The molecule has 0 amide bonds. The molecule has 0 heterocycles. The Labute approximate surface area is 828 Å². The molecule has 7 aromatic rings. The fourth-order valence-electron chi connectivity index (χ4n) is 18.6. The van der Waals surface area contributed by atoms with Gasteiger partial charge in [-0.25, -0.2) is 0 Å². The van der Waals surface area contributed by atoms with Gasteiger partial charge < -0.3 is 61.6 Å². The first-order chi connectivity index (χ1) is 65.8. The van der Waals surface area contributed by atoms with Crippen LogP contribution < -0.4 is 33.2 Å². The summed E-state index contributed by atoms with van der Waals surface area (Å²) in [6.07, 6.45) is 43.0. The van der Waals surface area contributed by atoms with Crippen molar-refractivity contribution in [1.29, 1.82) is 0 Å². The number of aldehydes is 1. The lowest BCUT2D eigenvalue weighted by molar-refractivity contribution is -0.0831. The number of benzene rings is 7. The minimum Gasteiger partial charge on any atom is -0.497 e. The summed E-state index contributed by atoms with van der Waals surface area (Å²) in [5, 5.41) is 0. The summed E-state index contributed by atoms with van der Waals surface area (Å²) in [5.41, 5.74) is 9.54. The molecule has 12 atom stereocenters. The fourth-order valence-corrected chi connectivity index (χ4v) is 18.6. The summed E-state index contributed by atoms with van der Waals surface area (Å²) in [6.45, 7) is 47.7. The zero-order valence-corrected chi connectivity index (χ0v) is 88.9. The molecule has 0 aromatic heterocycles. The fraction of sp³-hybridized carbons (Fsp3) is 0.648. The second kappa shape index (κ2) is 67.1. The van der Waals surface area contributed by atoms with Crippen LogP contribution in [0.3, 0.4) is 0 Å². The topological polar surface area (TPSA) is 137 Å². The molecule has 12 unspecified atom stereocenters. The molecule has 7 aromatic carbocycles. The van der Waals surface area contributed by atoms with Gasteiger partial charge in [-0.2, -0.15) is 0 Å². The van der Waals surface area contributed by atoms with Crippen molar-refractivity contribution in [2.45, 2.75) is 430 Å². The number of methoxy groups -OCH3 is 1. The van der Waals surface area contributed by atoms with Crippen LogP contribution in [0.5, 0.6) is 40.2 Å². The van der Waals surface area contributed by atoms with E-state index in [2.05, 4.69) is 230 Å². The SMILES string of the molecule is CCC(C)c1ccc(OC(C)OCC2CCC(C)CC2)cc1.CCC(C)c1ccc(OC(C)OCC2CCCCC2)cc1.CCC(C)c1ccc(OC(C)OCCC2CCC(C)CC2)cc1.CCC(C)c1ccc(OC(C)OCCC2CCCCC2)cc1.CCC(C)c1ccc(OC(C)OCCCC2CCCCC2)cc1.CCC(C)c1ccc(OC(C)OCc2ccc(OC)cc2C=O)cc1. The quantitative estimate of drug-likeness (QED) is 0.0203. The summed E-state index contributed by atoms with van der Waals surface area (Å²) in [5.74, 6) is 15.4. The third kappa shape index (κ3) is 46.3. The van der Waals surface area contributed by atoms with Gasteiger partial charge in [0, 0.05) is 5.56 Å². The van der Waals surface area contributed by atoms with Crippen molar-refractivity contribution in [2.75, 3.05) is 40.1 Å². The van der Waals surface area contributed by atoms with Gasteiger partial charge >= 0.3 is 0 Å². The van der Waals surface area contributed by atoms with Crippen LogP contribution in [0.4, 0.5) is 0 Å². The molecule has 0 aliphatic heterocycles. The van der Waals surface area contributed by atoms with Gasteiger partial charge in [0.05, 0.1) is 46.8 Å². The van der Waals surface area contributed by atoms with Gasteiger partial charge in [-0.3, -0.25) is 4.79 Å². The summed E-state index contributed by atoms with van der Waals surface area (Å²) >= 11 is 0. The van der Waals surface area contributed by atoms with Crippen LogP contribution in [0.2, 0.25) is 0 Å². The lowest BCUT2D eigenvalue weighted by Crippen LogP contribution is -2.23. The van der Waals surface area contributed by atoms with Crippen molar-refractivity contribution in [1.82, 2.24) is 0 Å². The Kier molecular flexibility index (Phi) is 57.0. The van der Waals surface area contributed by atoms with Gasteiger partial charge in [0.1, 0.15) is 40.2 Å². The first-order valence-corrected chi connectivity index (χ1v) is 54.2. The molecule has 5 aliphatic carbocycles. The van der Waals surface area contributed by atoms with Crippen molar-refractivity contribution >= 4 is 6.29 Å². The second-order valence-electron chi connectivity index (χ2n) is 40.6. The molecule has 14 nitrogen and oxygen atoms in total. The molecular weight excluding hydrogens is 1690 g/mol. The number of carbonyl (C=O) groups is 1.